The zero-order valence-corrected chi connectivity index (χ0v) is 27.7. The normalized spacial score (nSPS) is 11.7. The van der Waals surface area contributed by atoms with Gasteiger partial charge >= 0.3 is 19.9 Å². The number of benzene rings is 2. The van der Waals surface area contributed by atoms with Crippen LogP contribution in [-0.4, -0.2) is 75.6 Å². The molecule has 0 radical (unpaired) electrons. The van der Waals surface area contributed by atoms with E-state index in [1.165, 1.54) is 18.3 Å². The number of aliphatic imine (C=N–C) groups is 2. The fraction of sp³-hybridized carbons (Fsp3) is 0.290. The number of imide groups is 1. The Balaban J connectivity index is 1.76. The highest BCUT2D eigenvalue weighted by Gasteiger charge is 2.28. The molecule has 0 bridgehead atoms. The number of hydrogen-bond donors (Lipinski definition) is 5. The monoisotopic (exact) mass is 684 g/mol. The molecule has 0 saturated carbocycles. The van der Waals surface area contributed by atoms with Crippen LogP contribution in [0, 0.1) is 13.8 Å². The minimum Gasteiger partial charge on any atom is -0.424 e. The van der Waals surface area contributed by atoms with Crippen molar-refractivity contribution in [3.8, 4) is 5.75 Å². The van der Waals surface area contributed by atoms with E-state index in [0.717, 1.165) is 35.4 Å². The maximum atomic E-state index is 13.5. The van der Waals surface area contributed by atoms with Crippen molar-refractivity contribution in [3.05, 3.63) is 82.2 Å². The van der Waals surface area contributed by atoms with Crippen molar-refractivity contribution >= 4 is 49.6 Å². The van der Waals surface area contributed by atoms with E-state index in [1.54, 1.807) is 32.0 Å². The number of ether oxygens (including phenoxy) is 2. The van der Waals surface area contributed by atoms with Crippen molar-refractivity contribution in [1.29, 1.82) is 0 Å². The topological polar surface area (TPSA) is 235 Å². The SMILES string of the molecule is CCCNC(=O)c1ccc(C)c(N=C(N=CN)c2[nH]cc(C(=O)N(CCC)C(=O)OCOC(=O)c3ccc(OP(=O)(O)O)cc3)c2C)c1. The standard InChI is InChI=1S/C31H37N6O10P/c1-5-13-33-28(38)22-8-7-19(3)25(15-22)36-27(35-17-32)26-20(4)24(16-34-26)29(39)37(14-6-2)31(41)46-18-45-30(40)21-9-11-23(12-10-21)47-48(42,43)44/h7-12,15-17,34H,5-6,13-14,18H2,1-4H3,(H,33,38)(H2,32,35,36)(H2,42,43,44). The molecule has 0 aliphatic carbocycles. The number of phosphoric ester groups is 1. The summed E-state index contributed by atoms with van der Waals surface area (Å²) in [6.45, 7) is 6.85. The van der Waals surface area contributed by atoms with Crippen LogP contribution in [0.4, 0.5) is 10.5 Å². The summed E-state index contributed by atoms with van der Waals surface area (Å²) in [6.07, 6.45) is 2.55. The van der Waals surface area contributed by atoms with Crippen LogP contribution in [0.25, 0.3) is 0 Å². The number of H-pyrrole nitrogens is 1. The van der Waals surface area contributed by atoms with Gasteiger partial charge in [-0.2, -0.15) is 0 Å². The summed E-state index contributed by atoms with van der Waals surface area (Å²) in [5.41, 5.74) is 8.10. The van der Waals surface area contributed by atoms with Crippen LogP contribution >= 0.6 is 7.82 Å². The Morgan fingerprint density at radius 3 is 2.33 bits per heavy atom. The van der Waals surface area contributed by atoms with Crippen molar-refractivity contribution in [2.24, 2.45) is 15.7 Å². The second-order valence-electron chi connectivity index (χ2n) is 10.2. The molecule has 2 aromatic carbocycles. The number of aromatic nitrogens is 1. The summed E-state index contributed by atoms with van der Waals surface area (Å²) in [6, 6.07) is 9.76. The van der Waals surface area contributed by atoms with Gasteiger partial charge in [0, 0.05) is 24.8 Å². The third-order valence-corrected chi connectivity index (χ3v) is 7.07. The molecule has 3 rings (SSSR count). The molecule has 1 heterocycles. The number of amidine groups is 1. The van der Waals surface area contributed by atoms with Crippen LogP contribution in [0.2, 0.25) is 0 Å². The lowest BCUT2D eigenvalue weighted by atomic mass is 10.1. The second-order valence-corrected chi connectivity index (χ2v) is 11.4. The summed E-state index contributed by atoms with van der Waals surface area (Å²) in [4.78, 5) is 81.7. The molecule has 3 amide bonds. The number of nitrogens with one attached hydrogen (secondary N) is 2. The minimum absolute atomic E-state index is 0.0133. The van der Waals surface area contributed by atoms with E-state index in [2.05, 4.69) is 24.8 Å². The van der Waals surface area contributed by atoms with Crippen LogP contribution in [0.15, 0.2) is 58.6 Å². The van der Waals surface area contributed by atoms with E-state index in [4.69, 9.17) is 25.0 Å². The molecular weight excluding hydrogens is 647 g/mol. The number of nitrogens with two attached hydrogens (primary N) is 1. The number of aromatic amines is 1. The summed E-state index contributed by atoms with van der Waals surface area (Å²) >= 11 is 0. The summed E-state index contributed by atoms with van der Waals surface area (Å²) in [5, 5.41) is 2.82. The van der Waals surface area contributed by atoms with Gasteiger partial charge in [0.2, 0.25) is 6.79 Å². The Morgan fingerprint density at radius 1 is 1.02 bits per heavy atom. The van der Waals surface area contributed by atoms with Crippen LogP contribution in [-0.2, 0) is 14.0 Å². The first-order chi connectivity index (χ1) is 22.8. The molecule has 17 heteroatoms. The molecule has 0 saturated heterocycles. The van der Waals surface area contributed by atoms with Gasteiger partial charge in [-0.3, -0.25) is 19.4 Å². The van der Waals surface area contributed by atoms with Gasteiger partial charge in [-0.1, -0.05) is 19.9 Å². The Labute approximate surface area is 276 Å². The second kappa shape index (κ2) is 17.0. The number of esters is 1. The first-order valence-electron chi connectivity index (χ1n) is 14.7. The highest BCUT2D eigenvalue weighted by molar-refractivity contribution is 7.46. The predicted molar refractivity (Wildman–Crippen MR) is 175 cm³/mol. The smallest absolute Gasteiger partial charge is 0.424 e. The van der Waals surface area contributed by atoms with Gasteiger partial charge in [-0.05, 0) is 74.2 Å². The van der Waals surface area contributed by atoms with Crippen LogP contribution < -0.4 is 15.6 Å². The summed E-state index contributed by atoms with van der Waals surface area (Å²) in [5.74, 6) is -1.90. The van der Waals surface area contributed by atoms with E-state index < -0.39 is 32.6 Å². The molecule has 16 nitrogen and oxygen atoms in total. The highest BCUT2D eigenvalue weighted by atomic mass is 31.2. The van der Waals surface area contributed by atoms with Crippen molar-refractivity contribution in [2.75, 3.05) is 19.9 Å². The van der Waals surface area contributed by atoms with E-state index >= 15 is 0 Å². The molecule has 6 N–H and O–H groups in total. The maximum Gasteiger partial charge on any atom is 0.524 e. The lowest BCUT2D eigenvalue weighted by molar-refractivity contribution is -0.0105. The quantitative estimate of drug-likeness (QED) is 0.0565. The fourth-order valence-corrected chi connectivity index (χ4v) is 4.62. The summed E-state index contributed by atoms with van der Waals surface area (Å²) in [7, 11) is -4.77. The van der Waals surface area contributed by atoms with Crippen molar-refractivity contribution in [1.82, 2.24) is 15.2 Å². The molecule has 0 unspecified atom stereocenters. The van der Waals surface area contributed by atoms with E-state index in [9.17, 15) is 23.7 Å². The van der Waals surface area contributed by atoms with Gasteiger partial charge in [0.1, 0.15) is 5.75 Å². The third-order valence-electron chi connectivity index (χ3n) is 6.62. The molecular formula is C31H37N6O10P. The van der Waals surface area contributed by atoms with Crippen molar-refractivity contribution < 1.29 is 47.5 Å². The zero-order chi connectivity index (χ0) is 35.4. The van der Waals surface area contributed by atoms with Gasteiger partial charge < -0.3 is 30.0 Å². The Morgan fingerprint density at radius 2 is 1.71 bits per heavy atom. The van der Waals surface area contributed by atoms with E-state index in [1.807, 2.05) is 13.8 Å². The fourth-order valence-electron chi connectivity index (χ4n) is 4.22. The first-order valence-corrected chi connectivity index (χ1v) is 16.2. The molecule has 48 heavy (non-hydrogen) atoms. The number of carbonyl (C=O) groups excluding carboxylic acids is 4. The Bertz CT molecular complexity index is 1750. The largest absolute Gasteiger partial charge is 0.524 e. The molecule has 256 valence electrons. The van der Waals surface area contributed by atoms with Gasteiger partial charge in [-0.15, -0.1) is 0 Å². The minimum atomic E-state index is -4.77. The number of nitrogens with zero attached hydrogens (tertiary/aromatic N) is 3. The molecule has 0 atom stereocenters. The van der Waals surface area contributed by atoms with Crippen LogP contribution in [0.1, 0.15) is 74.6 Å². The number of rotatable bonds is 13. The molecule has 0 spiro atoms. The Hall–Kier alpha value is -5.31. The number of carbonyl (C=O) groups is 4. The Kier molecular flexibility index (Phi) is 13.2. The highest BCUT2D eigenvalue weighted by Crippen LogP contribution is 2.37. The van der Waals surface area contributed by atoms with E-state index in [0.29, 0.717) is 35.5 Å². The van der Waals surface area contributed by atoms with Gasteiger partial charge in [0.05, 0.1) is 28.8 Å². The maximum absolute atomic E-state index is 13.5. The first kappa shape index (κ1) is 37.2. The van der Waals surface area contributed by atoms with Gasteiger partial charge in [-0.25, -0.2) is 29.0 Å². The molecule has 0 aliphatic rings. The molecule has 0 aliphatic heterocycles. The third kappa shape index (κ3) is 10.1. The lowest BCUT2D eigenvalue weighted by Gasteiger charge is -2.19. The number of phosphoric acid groups is 1. The number of aryl methyl sites for hydroxylation is 1. The van der Waals surface area contributed by atoms with Crippen LogP contribution in [0.3, 0.4) is 0 Å². The number of hydrogen-bond acceptors (Lipinski definition) is 9. The van der Waals surface area contributed by atoms with E-state index in [-0.39, 0.29) is 35.2 Å². The van der Waals surface area contributed by atoms with Gasteiger partial charge in [0.25, 0.3) is 11.8 Å². The summed E-state index contributed by atoms with van der Waals surface area (Å²) < 4.78 is 25.4. The molecule has 0 fully saturated rings. The average Bonchev–Trinajstić information content (AvgIpc) is 3.43. The van der Waals surface area contributed by atoms with Crippen molar-refractivity contribution in [3.63, 3.8) is 0 Å². The predicted octanol–water partition coefficient (Wildman–Crippen LogP) is 4.11. The molecule has 1 aromatic heterocycles. The lowest BCUT2D eigenvalue weighted by Crippen LogP contribution is -2.38. The average molecular weight is 685 g/mol. The van der Waals surface area contributed by atoms with Crippen molar-refractivity contribution in [2.45, 2.75) is 40.5 Å². The number of amides is 3. The molecule has 3 aromatic rings. The van der Waals surface area contributed by atoms with Crippen LogP contribution in [0.5, 0.6) is 5.75 Å². The zero-order valence-electron chi connectivity index (χ0n) is 26.8. The van der Waals surface area contributed by atoms with Gasteiger partial charge in [0.15, 0.2) is 5.84 Å².